The molecule has 48 heavy (non-hydrogen) atoms. The molecule has 0 spiro atoms. The normalized spacial score (nSPS) is 35.6. The third-order valence-corrected chi connectivity index (χ3v) is 9.30. The number of nitrogen functional groups attached to an aromatic ring is 2. The number of hydrogen-bond acceptors (Lipinski definition) is 20. The Morgan fingerprint density at radius 3 is 1.52 bits per heavy atom. The third-order valence-electron chi connectivity index (χ3n) is 7.36. The molecule has 10 atom stereocenters. The molecule has 248 valence electrons. The van der Waals surface area contributed by atoms with Crippen molar-refractivity contribution in [3.63, 3.8) is 0 Å². The molecular weight excluding hydrogens is 712 g/mol. The smallest absolute Gasteiger partial charge is 0.756 e. The van der Waals surface area contributed by atoms with Crippen LogP contribution in [0, 0.1) is 0 Å². The van der Waals surface area contributed by atoms with Crippen LogP contribution in [0.4, 0.5) is 11.9 Å². The Labute approximate surface area is 309 Å². The van der Waals surface area contributed by atoms with Crippen LogP contribution >= 0.6 is 15.6 Å². The van der Waals surface area contributed by atoms with Gasteiger partial charge >= 0.3 is 59.1 Å². The van der Waals surface area contributed by atoms with E-state index in [1.165, 1.54) is 0 Å². The SMILES string of the molecule is Nc1nc2c(ncn2[C@@H]2O[C@@H]3COP(=O)([O-])O[C@H]4[C@@H](O)[C@H](n5cnc6c(=O)[nH]c(N)nc65)O[C@@H]4COP(=O)([O-])O[C@H]3[C@H]2O)c(=O)[nH]1.[Na+].[Na+]. The van der Waals surface area contributed by atoms with Crippen molar-refractivity contribution in [3.8, 4) is 0 Å². The molecule has 7 heterocycles. The van der Waals surface area contributed by atoms with Gasteiger partial charge in [-0.25, -0.2) is 9.97 Å². The van der Waals surface area contributed by atoms with Gasteiger partial charge < -0.3 is 59.0 Å². The molecule has 28 heteroatoms. The minimum absolute atomic E-state index is 0. The number of rotatable bonds is 2. The summed E-state index contributed by atoms with van der Waals surface area (Å²) in [6, 6.07) is 0. The predicted octanol–water partition coefficient (Wildman–Crippen LogP) is -10.3. The largest absolute Gasteiger partial charge is 1.00 e. The predicted molar refractivity (Wildman–Crippen MR) is 142 cm³/mol. The minimum Gasteiger partial charge on any atom is -0.756 e. The number of phosphoric acid groups is 2. The number of ether oxygens (including phenoxy) is 2. The van der Waals surface area contributed by atoms with Crippen LogP contribution in [-0.2, 0) is 36.7 Å². The quantitative estimate of drug-likeness (QED) is 0.0822. The Balaban J connectivity index is 0.00000225. The van der Waals surface area contributed by atoms with Gasteiger partial charge in [-0.3, -0.25) is 37.8 Å². The molecule has 3 aliphatic heterocycles. The number of hydrogen-bond donors (Lipinski definition) is 6. The van der Waals surface area contributed by atoms with E-state index in [1.54, 1.807) is 0 Å². The minimum atomic E-state index is -5.36. The van der Waals surface area contributed by atoms with Crippen molar-refractivity contribution in [2.45, 2.75) is 49.1 Å². The van der Waals surface area contributed by atoms with Crippen molar-refractivity contribution >= 4 is 49.9 Å². The Morgan fingerprint density at radius 2 is 1.15 bits per heavy atom. The second kappa shape index (κ2) is 13.8. The third kappa shape index (κ3) is 6.85. The summed E-state index contributed by atoms with van der Waals surface area (Å²) in [6.45, 7) is -1.92. The zero-order chi connectivity index (χ0) is 32.7. The van der Waals surface area contributed by atoms with Crippen molar-refractivity contribution in [1.29, 1.82) is 0 Å². The van der Waals surface area contributed by atoms with Gasteiger partial charge in [0.1, 0.15) is 36.6 Å². The van der Waals surface area contributed by atoms with Crippen LogP contribution < -0.4 is 91.5 Å². The fraction of sp³-hybridized carbons (Fsp3) is 0.500. The summed E-state index contributed by atoms with van der Waals surface area (Å²) in [7, 11) is -10.7. The number of nitrogens with zero attached hydrogens (tertiary/aromatic N) is 6. The van der Waals surface area contributed by atoms with Crippen molar-refractivity contribution < 1.29 is 116 Å². The number of aliphatic hydroxyl groups excluding tert-OH is 2. The van der Waals surface area contributed by atoms with Gasteiger partial charge in [-0.15, -0.1) is 0 Å². The van der Waals surface area contributed by atoms with Gasteiger partial charge in [-0.2, -0.15) is 9.97 Å². The molecule has 24 nitrogen and oxygen atoms in total. The van der Waals surface area contributed by atoms with E-state index in [1.807, 2.05) is 0 Å². The number of nitrogens with one attached hydrogen (secondary N) is 2. The maximum absolute atomic E-state index is 13.0. The topological polar surface area (TPSA) is 355 Å². The Bertz CT molecular complexity index is 1920. The van der Waals surface area contributed by atoms with E-state index in [-0.39, 0.29) is 93.3 Å². The molecule has 4 aromatic rings. The Morgan fingerprint density at radius 1 is 0.771 bits per heavy atom. The number of imidazole rings is 2. The van der Waals surface area contributed by atoms with Crippen LogP contribution in [0.5, 0.6) is 0 Å². The fourth-order valence-corrected chi connectivity index (χ4v) is 7.27. The molecule has 2 unspecified atom stereocenters. The maximum atomic E-state index is 13.0. The summed E-state index contributed by atoms with van der Waals surface area (Å²) >= 11 is 0. The number of H-pyrrole nitrogens is 2. The summed E-state index contributed by atoms with van der Waals surface area (Å²) < 4.78 is 59.6. The van der Waals surface area contributed by atoms with Crippen molar-refractivity contribution in [2.24, 2.45) is 0 Å². The Kier molecular flexibility index (Phi) is 10.8. The molecular formula is C20H22N10Na2O14P2. The van der Waals surface area contributed by atoms with E-state index in [0.717, 1.165) is 21.8 Å². The van der Waals surface area contributed by atoms with Crippen molar-refractivity contribution in [3.05, 3.63) is 33.4 Å². The first-order valence-corrected chi connectivity index (χ1v) is 16.0. The second-order valence-corrected chi connectivity index (χ2v) is 13.0. The summed E-state index contributed by atoms with van der Waals surface area (Å²) in [5.74, 6) is -0.598. The first kappa shape index (κ1) is 37.6. The molecule has 0 aliphatic carbocycles. The number of aromatic amines is 2. The first-order valence-electron chi connectivity index (χ1n) is 13.1. The van der Waals surface area contributed by atoms with Gasteiger partial charge in [0.15, 0.2) is 34.8 Å². The van der Waals surface area contributed by atoms with Gasteiger partial charge in [0.2, 0.25) is 11.9 Å². The van der Waals surface area contributed by atoms with Crippen LogP contribution in [0.2, 0.25) is 0 Å². The summed E-state index contributed by atoms with van der Waals surface area (Å²) in [5.41, 5.74) is 9.11. The molecule has 0 amide bonds. The number of phosphoric ester groups is 2. The number of fused-ring (bicyclic) bond motifs is 4. The van der Waals surface area contributed by atoms with Gasteiger partial charge in [0, 0.05) is 0 Å². The first-order chi connectivity index (χ1) is 21.7. The van der Waals surface area contributed by atoms with Gasteiger partial charge in [0.25, 0.3) is 26.8 Å². The number of aliphatic hydroxyl groups is 2. The van der Waals surface area contributed by atoms with E-state index in [2.05, 4.69) is 29.9 Å². The standard InChI is InChI=1S/C20H24N10O14P2.2Na/c21-19-25-13-7(15(33)27-19)23-3-29(13)17-9(31)11-5(41-17)1-39-45(35,36)44-12-6(2-40-46(37,38)43-11)42-18(10(12)32)30-4-24-8-14(30)26-20(22)28-16(8)34;;/h3-6,9-12,17-18,31-32H,1-2H2,(H,35,36)(H,37,38)(H3,21,25,27,33)(H3,22,26,28,34);;/q;2*+1/p-2/t5-,6-,9-,10-,11-,12-,17-,18-;;/m1../s1. The number of nitrogens with two attached hydrogens (primary N) is 2. The number of aromatic nitrogens is 8. The Hall–Kier alpha value is -1.64. The average Bonchev–Trinajstić information content (AvgIpc) is 3.72. The molecule has 0 bridgehead atoms. The average molecular weight is 734 g/mol. The monoisotopic (exact) mass is 734 g/mol. The summed E-state index contributed by atoms with van der Waals surface area (Å²) in [4.78, 5) is 70.5. The molecule has 4 aromatic heterocycles. The maximum Gasteiger partial charge on any atom is 1.00 e. The van der Waals surface area contributed by atoms with E-state index in [4.69, 9.17) is 39.0 Å². The van der Waals surface area contributed by atoms with E-state index < -0.39 is 89.1 Å². The molecule has 0 saturated carbocycles. The molecule has 0 aromatic carbocycles. The molecule has 3 fully saturated rings. The zero-order valence-electron chi connectivity index (χ0n) is 24.7. The van der Waals surface area contributed by atoms with Gasteiger partial charge in [0.05, 0.1) is 25.9 Å². The number of anilines is 2. The second-order valence-electron chi connectivity index (χ2n) is 10.3. The molecule has 0 radical (unpaired) electrons. The van der Waals surface area contributed by atoms with E-state index >= 15 is 0 Å². The van der Waals surface area contributed by atoms with Crippen LogP contribution in [0.15, 0.2) is 22.2 Å². The van der Waals surface area contributed by atoms with Crippen LogP contribution in [0.3, 0.4) is 0 Å². The zero-order valence-corrected chi connectivity index (χ0v) is 30.5. The van der Waals surface area contributed by atoms with Gasteiger partial charge in [-0.05, 0) is 0 Å². The van der Waals surface area contributed by atoms with Gasteiger partial charge in [-0.1, -0.05) is 0 Å². The van der Waals surface area contributed by atoms with Crippen LogP contribution in [0.1, 0.15) is 12.5 Å². The molecule has 7 rings (SSSR count). The van der Waals surface area contributed by atoms with E-state index in [9.17, 15) is 38.7 Å². The summed E-state index contributed by atoms with van der Waals surface area (Å²) in [6.07, 6.45) is -11.5. The van der Waals surface area contributed by atoms with Crippen LogP contribution in [-0.4, -0.2) is 99.1 Å². The molecule has 3 aliphatic rings. The molecule has 3 saturated heterocycles. The summed E-state index contributed by atoms with van der Waals surface area (Å²) in [5, 5.41) is 22.1. The fourth-order valence-electron chi connectivity index (χ4n) is 5.37. The van der Waals surface area contributed by atoms with E-state index in [0.29, 0.717) is 0 Å². The van der Waals surface area contributed by atoms with Crippen LogP contribution in [0.25, 0.3) is 22.3 Å². The van der Waals surface area contributed by atoms with Crippen molar-refractivity contribution in [2.75, 3.05) is 24.7 Å². The molecule has 8 N–H and O–H groups in total. The van der Waals surface area contributed by atoms with Crippen molar-refractivity contribution in [1.82, 2.24) is 39.0 Å².